The molecule has 1 aromatic rings. The van der Waals surface area contributed by atoms with Gasteiger partial charge in [-0.25, -0.2) is 0 Å². The van der Waals surface area contributed by atoms with Gasteiger partial charge in [-0.1, -0.05) is 0 Å². The minimum absolute atomic E-state index is 0.118. The Morgan fingerprint density at radius 2 is 2.00 bits per heavy atom. The molecule has 0 spiro atoms. The number of amides is 2. The van der Waals surface area contributed by atoms with Gasteiger partial charge in [0.05, 0.1) is 18.2 Å². The maximum absolute atomic E-state index is 12.2. The number of likely N-dealkylation sites (tertiary alicyclic amines) is 1. The topological polar surface area (TPSA) is 106 Å². The number of primary amides is 1. The second-order valence-electron chi connectivity index (χ2n) is 5.55. The SMILES string of the molecule is CCOc1cc(C#N)ccc1OCC(=O)N1CCC(C(N)=O)CC1. The molecule has 128 valence electrons. The third-order valence-corrected chi connectivity index (χ3v) is 3.97. The molecule has 0 unspecified atom stereocenters. The van der Waals surface area contributed by atoms with Crippen LogP contribution in [0.5, 0.6) is 11.5 Å². The molecule has 0 bridgehead atoms. The molecule has 1 aromatic carbocycles. The van der Waals surface area contributed by atoms with Crippen LogP contribution in [0.3, 0.4) is 0 Å². The lowest BCUT2D eigenvalue weighted by molar-refractivity contribution is -0.136. The van der Waals surface area contributed by atoms with Gasteiger partial charge in [-0.05, 0) is 31.9 Å². The maximum atomic E-state index is 12.2. The Labute approximate surface area is 140 Å². The van der Waals surface area contributed by atoms with Crippen molar-refractivity contribution in [2.45, 2.75) is 19.8 Å². The molecule has 2 rings (SSSR count). The molecule has 0 radical (unpaired) electrons. The second-order valence-corrected chi connectivity index (χ2v) is 5.55. The molecule has 1 fully saturated rings. The van der Waals surface area contributed by atoms with Crippen molar-refractivity contribution < 1.29 is 19.1 Å². The minimum atomic E-state index is -0.308. The largest absolute Gasteiger partial charge is 0.490 e. The highest BCUT2D eigenvalue weighted by molar-refractivity contribution is 5.79. The van der Waals surface area contributed by atoms with Crippen LogP contribution >= 0.6 is 0 Å². The van der Waals surface area contributed by atoms with Gasteiger partial charge in [-0.2, -0.15) is 5.26 Å². The second kappa shape index (κ2) is 8.20. The summed E-state index contributed by atoms with van der Waals surface area (Å²) in [5, 5.41) is 8.93. The van der Waals surface area contributed by atoms with Crippen molar-refractivity contribution in [3.05, 3.63) is 23.8 Å². The van der Waals surface area contributed by atoms with E-state index >= 15 is 0 Å². The van der Waals surface area contributed by atoms with Gasteiger partial charge in [-0.3, -0.25) is 9.59 Å². The van der Waals surface area contributed by atoms with E-state index in [-0.39, 0.29) is 24.3 Å². The van der Waals surface area contributed by atoms with E-state index in [4.69, 9.17) is 20.5 Å². The van der Waals surface area contributed by atoms with Crippen LogP contribution in [0.1, 0.15) is 25.3 Å². The van der Waals surface area contributed by atoms with Crippen LogP contribution < -0.4 is 15.2 Å². The van der Waals surface area contributed by atoms with E-state index in [2.05, 4.69) is 0 Å². The Balaban J connectivity index is 1.92. The van der Waals surface area contributed by atoms with Gasteiger partial charge in [0.1, 0.15) is 0 Å². The summed E-state index contributed by atoms with van der Waals surface area (Å²) in [4.78, 5) is 25.1. The number of piperidine rings is 1. The molecule has 7 heteroatoms. The third-order valence-electron chi connectivity index (χ3n) is 3.97. The van der Waals surface area contributed by atoms with Crippen molar-refractivity contribution in [2.75, 3.05) is 26.3 Å². The highest BCUT2D eigenvalue weighted by Gasteiger charge is 2.26. The van der Waals surface area contributed by atoms with E-state index in [9.17, 15) is 9.59 Å². The quantitative estimate of drug-likeness (QED) is 0.839. The summed E-state index contributed by atoms with van der Waals surface area (Å²) in [6.45, 7) is 3.15. The van der Waals surface area contributed by atoms with Crippen molar-refractivity contribution in [1.82, 2.24) is 4.90 Å². The lowest BCUT2D eigenvalue weighted by Crippen LogP contribution is -2.43. The molecule has 0 atom stereocenters. The fraction of sp³-hybridized carbons (Fsp3) is 0.471. The summed E-state index contributed by atoms with van der Waals surface area (Å²) < 4.78 is 11.0. The molecule has 0 aromatic heterocycles. The fourth-order valence-electron chi connectivity index (χ4n) is 2.61. The van der Waals surface area contributed by atoms with Gasteiger partial charge in [0.2, 0.25) is 5.91 Å². The normalized spacial score (nSPS) is 14.8. The summed E-state index contributed by atoms with van der Waals surface area (Å²) in [6.07, 6.45) is 1.17. The van der Waals surface area contributed by atoms with E-state index in [0.29, 0.717) is 49.6 Å². The number of hydrogen-bond donors (Lipinski definition) is 1. The Morgan fingerprint density at radius 1 is 1.29 bits per heavy atom. The van der Waals surface area contributed by atoms with E-state index in [1.54, 1.807) is 23.1 Å². The first kappa shape index (κ1) is 17.6. The number of benzene rings is 1. The molecule has 1 aliphatic heterocycles. The average Bonchev–Trinajstić information content (AvgIpc) is 2.60. The summed E-state index contributed by atoms with van der Waals surface area (Å²) in [5.41, 5.74) is 5.75. The lowest BCUT2D eigenvalue weighted by atomic mass is 9.96. The summed E-state index contributed by atoms with van der Waals surface area (Å²) in [5.74, 6) is 0.257. The Morgan fingerprint density at radius 3 is 2.58 bits per heavy atom. The molecule has 1 saturated heterocycles. The number of carbonyl (C=O) groups excluding carboxylic acids is 2. The molecule has 0 saturated carbocycles. The first-order chi connectivity index (χ1) is 11.5. The van der Waals surface area contributed by atoms with Crippen LogP contribution in [0.25, 0.3) is 0 Å². The van der Waals surface area contributed by atoms with Gasteiger partial charge in [-0.15, -0.1) is 0 Å². The molecule has 2 amide bonds. The standard InChI is InChI=1S/C17H21N3O4/c1-2-23-15-9-12(10-18)3-4-14(15)24-11-16(21)20-7-5-13(6-8-20)17(19)22/h3-4,9,13H,2,5-8,11H2,1H3,(H2,19,22). The minimum Gasteiger partial charge on any atom is -0.490 e. The Kier molecular flexibility index (Phi) is 6.01. The molecule has 1 heterocycles. The summed E-state index contributed by atoms with van der Waals surface area (Å²) in [7, 11) is 0. The monoisotopic (exact) mass is 331 g/mol. The Hall–Kier alpha value is -2.75. The predicted octanol–water partition coefficient (Wildman–Crippen LogP) is 1.06. The van der Waals surface area contributed by atoms with Gasteiger partial charge in [0, 0.05) is 25.1 Å². The smallest absolute Gasteiger partial charge is 0.260 e. The van der Waals surface area contributed by atoms with Gasteiger partial charge in [0.15, 0.2) is 18.1 Å². The van der Waals surface area contributed by atoms with Gasteiger partial charge in [0.25, 0.3) is 5.91 Å². The zero-order chi connectivity index (χ0) is 17.5. The predicted molar refractivity (Wildman–Crippen MR) is 86.3 cm³/mol. The van der Waals surface area contributed by atoms with Crippen LogP contribution in [0.2, 0.25) is 0 Å². The number of nitrogens with two attached hydrogens (primary N) is 1. The number of carbonyl (C=O) groups is 2. The molecule has 7 nitrogen and oxygen atoms in total. The molecular formula is C17H21N3O4. The molecular weight excluding hydrogens is 310 g/mol. The van der Waals surface area contributed by atoms with Gasteiger partial charge < -0.3 is 20.1 Å². The fourth-order valence-corrected chi connectivity index (χ4v) is 2.61. The third kappa shape index (κ3) is 4.38. The van der Waals surface area contributed by atoms with Crippen LogP contribution in [-0.2, 0) is 9.59 Å². The van der Waals surface area contributed by atoms with Gasteiger partial charge >= 0.3 is 0 Å². The lowest BCUT2D eigenvalue weighted by Gasteiger charge is -2.30. The zero-order valence-electron chi connectivity index (χ0n) is 13.7. The number of nitrogens with zero attached hydrogens (tertiary/aromatic N) is 2. The highest BCUT2D eigenvalue weighted by atomic mass is 16.5. The number of ether oxygens (including phenoxy) is 2. The van der Waals surface area contributed by atoms with Crippen LogP contribution in [0, 0.1) is 17.2 Å². The average molecular weight is 331 g/mol. The van der Waals surface area contributed by atoms with Crippen LogP contribution in [-0.4, -0.2) is 43.0 Å². The van der Waals surface area contributed by atoms with Crippen molar-refractivity contribution in [1.29, 1.82) is 5.26 Å². The molecule has 24 heavy (non-hydrogen) atoms. The van der Waals surface area contributed by atoms with E-state index in [1.165, 1.54) is 0 Å². The zero-order valence-corrected chi connectivity index (χ0v) is 13.7. The Bertz CT molecular complexity index is 646. The first-order valence-corrected chi connectivity index (χ1v) is 7.92. The highest BCUT2D eigenvalue weighted by Crippen LogP contribution is 2.28. The van der Waals surface area contributed by atoms with Crippen LogP contribution in [0.4, 0.5) is 0 Å². The molecule has 2 N–H and O–H groups in total. The summed E-state index contributed by atoms with van der Waals surface area (Å²) in [6, 6.07) is 6.85. The van der Waals surface area contributed by atoms with Crippen molar-refractivity contribution in [3.8, 4) is 17.6 Å². The number of hydrogen-bond acceptors (Lipinski definition) is 5. The number of rotatable bonds is 6. The van der Waals surface area contributed by atoms with E-state index in [1.807, 2.05) is 13.0 Å². The molecule has 0 aliphatic carbocycles. The maximum Gasteiger partial charge on any atom is 0.260 e. The number of nitriles is 1. The molecule has 1 aliphatic rings. The van der Waals surface area contributed by atoms with Crippen molar-refractivity contribution in [3.63, 3.8) is 0 Å². The summed E-state index contributed by atoms with van der Waals surface area (Å²) >= 11 is 0. The van der Waals surface area contributed by atoms with Crippen LogP contribution in [0.15, 0.2) is 18.2 Å². The first-order valence-electron chi connectivity index (χ1n) is 7.92. The van der Waals surface area contributed by atoms with E-state index in [0.717, 1.165) is 0 Å². The van der Waals surface area contributed by atoms with E-state index < -0.39 is 0 Å². The van der Waals surface area contributed by atoms with Crippen molar-refractivity contribution in [2.24, 2.45) is 11.7 Å². The van der Waals surface area contributed by atoms with Crippen molar-refractivity contribution >= 4 is 11.8 Å².